The lowest BCUT2D eigenvalue weighted by Gasteiger charge is -2.11. The highest BCUT2D eigenvalue weighted by molar-refractivity contribution is 6.32. The molecule has 104 valence electrons. The molecule has 5 heteroatoms. The fourth-order valence-corrected chi connectivity index (χ4v) is 2.11. The number of halogens is 1. The number of methoxy groups -OCH3 is 1. The van der Waals surface area contributed by atoms with E-state index in [2.05, 4.69) is 5.32 Å². The molecule has 0 amide bonds. The van der Waals surface area contributed by atoms with Gasteiger partial charge in [0.05, 0.1) is 12.1 Å². The average molecular weight is 291 g/mol. The lowest BCUT2D eigenvalue weighted by molar-refractivity contribution is 0.101. The minimum absolute atomic E-state index is 0.0705. The predicted octanol–water partition coefficient (Wildman–Crippen LogP) is 3.88. The second kappa shape index (κ2) is 5.84. The zero-order valence-electron chi connectivity index (χ0n) is 11.2. The Morgan fingerprint density at radius 1 is 1.20 bits per heavy atom. The summed E-state index contributed by atoms with van der Waals surface area (Å²) in [5.41, 5.74) is 8.29. The number of anilines is 3. The predicted molar refractivity (Wildman–Crippen MR) is 82.1 cm³/mol. The lowest BCUT2D eigenvalue weighted by atomic mass is 10.1. The molecule has 0 unspecified atom stereocenters. The maximum Gasteiger partial charge on any atom is 0.161 e. The summed E-state index contributed by atoms with van der Waals surface area (Å²) < 4.78 is 5.10. The van der Waals surface area contributed by atoms with Crippen molar-refractivity contribution in [1.29, 1.82) is 0 Å². The van der Waals surface area contributed by atoms with Crippen molar-refractivity contribution in [2.24, 2.45) is 0 Å². The summed E-state index contributed by atoms with van der Waals surface area (Å²) in [5, 5.41) is 3.68. The van der Waals surface area contributed by atoms with Gasteiger partial charge in [-0.3, -0.25) is 4.79 Å². The molecule has 2 aromatic rings. The molecule has 0 aromatic heterocycles. The van der Waals surface area contributed by atoms with E-state index in [9.17, 15) is 4.79 Å². The van der Waals surface area contributed by atoms with Crippen LogP contribution < -0.4 is 15.8 Å². The number of rotatable bonds is 4. The Morgan fingerprint density at radius 3 is 2.45 bits per heavy atom. The molecule has 0 saturated heterocycles. The van der Waals surface area contributed by atoms with Crippen LogP contribution in [0.2, 0.25) is 5.02 Å². The third-order valence-corrected chi connectivity index (χ3v) is 3.17. The molecule has 4 nitrogen and oxygen atoms in total. The molecule has 2 rings (SSSR count). The number of nitrogens with one attached hydrogen (secondary N) is 1. The Morgan fingerprint density at radius 2 is 1.85 bits per heavy atom. The van der Waals surface area contributed by atoms with Crippen molar-refractivity contribution in [3.8, 4) is 5.75 Å². The number of benzene rings is 2. The Hall–Kier alpha value is -2.20. The van der Waals surface area contributed by atoms with Crippen LogP contribution in [-0.4, -0.2) is 12.9 Å². The Labute approximate surface area is 122 Å². The molecule has 20 heavy (non-hydrogen) atoms. The zero-order chi connectivity index (χ0) is 14.7. The van der Waals surface area contributed by atoms with E-state index in [0.29, 0.717) is 22.0 Å². The van der Waals surface area contributed by atoms with Crippen molar-refractivity contribution in [3.63, 3.8) is 0 Å². The minimum Gasteiger partial charge on any atom is -0.495 e. The van der Waals surface area contributed by atoms with Gasteiger partial charge in [0.25, 0.3) is 0 Å². The van der Waals surface area contributed by atoms with Crippen molar-refractivity contribution in [3.05, 3.63) is 47.0 Å². The molecule has 0 radical (unpaired) electrons. The van der Waals surface area contributed by atoms with Crippen LogP contribution in [0.5, 0.6) is 5.75 Å². The van der Waals surface area contributed by atoms with E-state index >= 15 is 0 Å². The van der Waals surface area contributed by atoms with Gasteiger partial charge in [-0.25, -0.2) is 0 Å². The monoisotopic (exact) mass is 290 g/mol. The summed E-state index contributed by atoms with van der Waals surface area (Å²) in [5.74, 6) is 0.540. The Balaban J connectivity index is 2.28. The first-order valence-corrected chi connectivity index (χ1v) is 6.40. The smallest absolute Gasteiger partial charge is 0.161 e. The first-order valence-electron chi connectivity index (χ1n) is 6.02. The number of ether oxygens (including phenoxy) is 1. The number of nitrogens with two attached hydrogens (primary N) is 1. The largest absolute Gasteiger partial charge is 0.495 e. The molecule has 3 N–H and O–H groups in total. The summed E-state index contributed by atoms with van der Waals surface area (Å²) in [6.07, 6.45) is 0. The second-order valence-corrected chi connectivity index (χ2v) is 4.74. The van der Waals surface area contributed by atoms with Gasteiger partial charge in [0.2, 0.25) is 0 Å². The average Bonchev–Trinajstić information content (AvgIpc) is 2.41. The summed E-state index contributed by atoms with van der Waals surface area (Å²) in [7, 11) is 1.56. The summed E-state index contributed by atoms with van der Waals surface area (Å²) >= 11 is 6.06. The van der Waals surface area contributed by atoms with Gasteiger partial charge >= 0.3 is 0 Å². The highest BCUT2D eigenvalue weighted by atomic mass is 35.5. The fourth-order valence-electron chi connectivity index (χ4n) is 1.85. The van der Waals surface area contributed by atoms with Gasteiger partial charge in [0.1, 0.15) is 5.75 Å². The van der Waals surface area contributed by atoms with Gasteiger partial charge in [0, 0.05) is 22.6 Å². The molecule has 0 fully saturated rings. The Kier molecular flexibility index (Phi) is 4.15. The molecular formula is C15H15ClN2O2. The highest BCUT2D eigenvalue weighted by Gasteiger charge is 2.07. The van der Waals surface area contributed by atoms with Crippen molar-refractivity contribution >= 4 is 34.4 Å². The van der Waals surface area contributed by atoms with Crippen LogP contribution in [0.4, 0.5) is 17.1 Å². The third-order valence-electron chi connectivity index (χ3n) is 2.87. The first-order chi connectivity index (χ1) is 9.51. The lowest BCUT2D eigenvalue weighted by Crippen LogP contribution is -2.01. The maximum absolute atomic E-state index is 11.5. The second-order valence-electron chi connectivity index (χ2n) is 4.33. The van der Waals surface area contributed by atoms with E-state index in [0.717, 1.165) is 11.4 Å². The number of hydrogen-bond acceptors (Lipinski definition) is 4. The number of carbonyl (C=O) groups excluding carboxylic acids is 1. The molecule has 0 atom stereocenters. The van der Waals surface area contributed by atoms with E-state index in [4.69, 9.17) is 22.1 Å². The van der Waals surface area contributed by atoms with Crippen molar-refractivity contribution in [1.82, 2.24) is 0 Å². The fraction of sp³-hybridized carbons (Fsp3) is 0.133. The van der Waals surface area contributed by atoms with Crippen molar-refractivity contribution in [2.45, 2.75) is 6.92 Å². The van der Waals surface area contributed by atoms with Gasteiger partial charge < -0.3 is 15.8 Å². The van der Waals surface area contributed by atoms with Crippen LogP contribution in [-0.2, 0) is 0 Å². The van der Waals surface area contributed by atoms with Crippen molar-refractivity contribution in [2.75, 3.05) is 18.2 Å². The third kappa shape index (κ3) is 3.03. The van der Waals surface area contributed by atoms with Crippen molar-refractivity contribution < 1.29 is 9.53 Å². The molecule has 0 heterocycles. The van der Waals surface area contributed by atoms with Gasteiger partial charge in [-0.15, -0.1) is 0 Å². The van der Waals surface area contributed by atoms with E-state index in [1.54, 1.807) is 37.4 Å². The highest BCUT2D eigenvalue weighted by Crippen LogP contribution is 2.29. The molecule has 0 bridgehead atoms. The quantitative estimate of drug-likeness (QED) is 0.662. The van der Waals surface area contributed by atoms with Gasteiger partial charge in [0.15, 0.2) is 5.78 Å². The molecular weight excluding hydrogens is 276 g/mol. The van der Waals surface area contributed by atoms with Gasteiger partial charge in [-0.1, -0.05) is 11.6 Å². The normalized spacial score (nSPS) is 10.2. The van der Waals surface area contributed by atoms with E-state index in [1.165, 1.54) is 6.92 Å². The topological polar surface area (TPSA) is 64.3 Å². The number of carbonyl (C=O) groups is 1. The van der Waals surface area contributed by atoms with E-state index < -0.39 is 0 Å². The molecule has 0 saturated carbocycles. The van der Waals surface area contributed by atoms with Crippen LogP contribution in [0.3, 0.4) is 0 Å². The maximum atomic E-state index is 11.5. The summed E-state index contributed by atoms with van der Waals surface area (Å²) in [4.78, 5) is 11.5. The SMILES string of the molecule is COc1ccc(Nc2ccc(N)c(C(C)=O)c2)cc1Cl. The molecule has 0 aliphatic heterocycles. The van der Waals surface area contributed by atoms with E-state index in [1.807, 2.05) is 6.07 Å². The van der Waals surface area contributed by atoms with Gasteiger partial charge in [-0.05, 0) is 43.3 Å². The number of hydrogen-bond donors (Lipinski definition) is 2. The summed E-state index contributed by atoms with van der Waals surface area (Å²) in [6, 6.07) is 10.6. The number of Topliss-reactive ketones (excluding diaryl/α,β-unsaturated/α-hetero) is 1. The molecule has 0 aliphatic rings. The van der Waals surface area contributed by atoms with Crippen LogP contribution in [0.15, 0.2) is 36.4 Å². The van der Waals surface area contributed by atoms with Crippen LogP contribution >= 0.6 is 11.6 Å². The van der Waals surface area contributed by atoms with Gasteiger partial charge in [-0.2, -0.15) is 0 Å². The van der Waals surface area contributed by atoms with Crippen LogP contribution in [0.1, 0.15) is 17.3 Å². The number of ketones is 1. The zero-order valence-corrected chi connectivity index (χ0v) is 12.0. The Bertz CT molecular complexity index is 656. The molecule has 0 aliphatic carbocycles. The molecule has 0 spiro atoms. The standard InChI is InChI=1S/C15H15ClN2O2/c1-9(19)12-7-10(3-5-14(12)17)18-11-4-6-15(20-2)13(16)8-11/h3-8,18H,17H2,1-2H3. The minimum atomic E-state index is -0.0705. The summed E-state index contributed by atoms with van der Waals surface area (Å²) in [6.45, 7) is 1.49. The van der Waals surface area contributed by atoms with E-state index in [-0.39, 0.29) is 5.78 Å². The van der Waals surface area contributed by atoms with Crippen LogP contribution in [0.25, 0.3) is 0 Å². The number of nitrogen functional groups attached to an aromatic ring is 1. The molecule has 2 aromatic carbocycles. The first kappa shape index (κ1) is 14.2. The van der Waals surface area contributed by atoms with Crippen LogP contribution in [0, 0.1) is 0 Å².